The van der Waals surface area contributed by atoms with Gasteiger partial charge in [-0.1, -0.05) is 12.2 Å². The molecule has 1 aliphatic rings. The maximum Gasteiger partial charge on any atom is 0.0777 e. The average molecular weight is 216 g/mol. The Bertz CT molecular complexity index is 210. The number of thiocarbonyl (C=S) groups is 1. The van der Waals surface area contributed by atoms with Crippen LogP contribution in [0.5, 0.6) is 0 Å². The Kier molecular flexibility index (Phi) is 4.29. The predicted molar refractivity (Wildman–Crippen MR) is 62.5 cm³/mol. The monoisotopic (exact) mass is 216 g/mol. The molecular weight excluding hydrogens is 196 g/mol. The van der Waals surface area contributed by atoms with Gasteiger partial charge in [-0.25, -0.2) is 0 Å². The Labute approximate surface area is 91.6 Å². The van der Waals surface area contributed by atoms with E-state index in [1.807, 2.05) is 0 Å². The number of nitrogens with two attached hydrogens (primary N) is 1. The van der Waals surface area contributed by atoms with Crippen LogP contribution in [0.4, 0.5) is 0 Å². The summed E-state index contributed by atoms with van der Waals surface area (Å²) in [5.74, 6) is 0. The van der Waals surface area contributed by atoms with Crippen molar-refractivity contribution < 1.29 is 4.74 Å². The average Bonchev–Trinajstić information content (AvgIpc) is 2.15. The lowest BCUT2D eigenvalue weighted by atomic mass is 9.95. The summed E-state index contributed by atoms with van der Waals surface area (Å²) in [5.41, 5.74) is 5.51. The predicted octanol–water partition coefficient (Wildman–Crippen LogP) is 1.16. The van der Waals surface area contributed by atoms with Crippen molar-refractivity contribution in [2.24, 2.45) is 5.73 Å². The van der Waals surface area contributed by atoms with Crippen molar-refractivity contribution in [2.75, 3.05) is 26.7 Å². The number of hydrogen-bond acceptors (Lipinski definition) is 3. The van der Waals surface area contributed by atoms with Gasteiger partial charge in [0.2, 0.25) is 0 Å². The van der Waals surface area contributed by atoms with E-state index >= 15 is 0 Å². The summed E-state index contributed by atoms with van der Waals surface area (Å²) in [6.45, 7) is 5.27. The van der Waals surface area contributed by atoms with Gasteiger partial charge in [-0.15, -0.1) is 0 Å². The van der Waals surface area contributed by atoms with Gasteiger partial charge in [0.1, 0.15) is 0 Å². The summed E-state index contributed by atoms with van der Waals surface area (Å²) in [6, 6.07) is 0. The van der Waals surface area contributed by atoms with E-state index in [9.17, 15) is 0 Å². The molecular formula is C10H20N2OS. The number of ether oxygens (including phenoxy) is 1. The molecule has 4 heteroatoms. The van der Waals surface area contributed by atoms with Gasteiger partial charge in [-0.3, -0.25) is 0 Å². The van der Waals surface area contributed by atoms with Gasteiger partial charge in [0, 0.05) is 26.6 Å². The Morgan fingerprint density at radius 1 is 1.64 bits per heavy atom. The largest absolute Gasteiger partial charge is 0.393 e. The normalized spacial score (nSPS) is 29.0. The molecule has 0 aliphatic carbocycles. The molecule has 0 spiro atoms. The van der Waals surface area contributed by atoms with E-state index in [-0.39, 0.29) is 5.60 Å². The molecule has 0 aromatic carbocycles. The molecule has 1 unspecified atom stereocenters. The van der Waals surface area contributed by atoms with Crippen LogP contribution in [0.1, 0.15) is 26.2 Å². The maximum atomic E-state index is 5.51. The van der Waals surface area contributed by atoms with Gasteiger partial charge in [0.05, 0.1) is 10.6 Å². The van der Waals surface area contributed by atoms with Crippen LogP contribution >= 0.6 is 12.2 Å². The molecule has 1 fully saturated rings. The number of hydrogen-bond donors (Lipinski definition) is 1. The van der Waals surface area contributed by atoms with Gasteiger partial charge in [0.25, 0.3) is 0 Å². The lowest BCUT2D eigenvalue weighted by molar-refractivity contribution is -0.0499. The Hall–Kier alpha value is -0.190. The van der Waals surface area contributed by atoms with Crippen molar-refractivity contribution in [2.45, 2.75) is 31.8 Å². The second kappa shape index (κ2) is 5.05. The van der Waals surface area contributed by atoms with Crippen molar-refractivity contribution in [1.82, 2.24) is 4.90 Å². The first-order chi connectivity index (χ1) is 6.56. The van der Waals surface area contributed by atoms with Gasteiger partial charge < -0.3 is 15.4 Å². The third kappa shape index (κ3) is 3.52. The molecule has 0 amide bonds. The Morgan fingerprint density at radius 3 is 2.93 bits per heavy atom. The van der Waals surface area contributed by atoms with Crippen molar-refractivity contribution in [3.05, 3.63) is 0 Å². The van der Waals surface area contributed by atoms with Crippen LogP contribution in [-0.2, 0) is 4.74 Å². The van der Waals surface area contributed by atoms with Crippen LogP contribution in [0.2, 0.25) is 0 Å². The molecule has 0 aromatic rings. The van der Waals surface area contributed by atoms with Gasteiger partial charge in [0.15, 0.2) is 0 Å². The van der Waals surface area contributed by atoms with Gasteiger partial charge in [-0.2, -0.15) is 0 Å². The highest BCUT2D eigenvalue weighted by atomic mass is 32.1. The zero-order chi connectivity index (χ0) is 10.6. The quantitative estimate of drug-likeness (QED) is 0.716. The van der Waals surface area contributed by atoms with E-state index < -0.39 is 0 Å². The van der Waals surface area contributed by atoms with Crippen molar-refractivity contribution in [3.63, 3.8) is 0 Å². The lowest BCUT2D eigenvalue weighted by Crippen LogP contribution is -2.47. The van der Waals surface area contributed by atoms with E-state index in [2.05, 4.69) is 11.8 Å². The van der Waals surface area contributed by atoms with Crippen LogP contribution in [0.25, 0.3) is 0 Å². The number of rotatable bonds is 4. The van der Waals surface area contributed by atoms with E-state index in [4.69, 9.17) is 22.7 Å². The summed E-state index contributed by atoms with van der Waals surface area (Å²) in [5, 5.41) is 0. The molecule has 0 bridgehead atoms. The minimum Gasteiger partial charge on any atom is -0.393 e. The second-order valence-corrected chi connectivity index (χ2v) is 4.77. The molecule has 1 saturated heterocycles. The zero-order valence-corrected chi connectivity index (χ0v) is 9.90. The van der Waals surface area contributed by atoms with Crippen LogP contribution in [0.3, 0.4) is 0 Å². The molecule has 0 aromatic heterocycles. The highest BCUT2D eigenvalue weighted by Crippen LogP contribution is 2.23. The Balaban J connectivity index is 2.36. The first-order valence-corrected chi connectivity index (χ1v) is 5.52. The van der Waals surface area contributed by atoms with Crippen molar-refractivity contribution in [3.8, 4) is 0 Å². The molecule has 14 heavy (non-hydrogen) atoms. The zero-order valence-electron chi connectivity index (χ0n) is 9.08. The first-order valence-electron chi connectivity index (χ1n) is 5.11. The molecule has 1 rings (SSSR count). The molecule has 82 valence electrons. The fourth-order valence-corrected chi connectivity index (χ4v) is 2.02. The third-order valence-corrected chi connectivity index (χ3v) is 3.11. The maximum absolute atomic E-state index is 5.51. The van der Waals surface area contributed by atoms with Crippen LogP contribution in [-0.4, -0.2) is 42.2 Å². The summed E-state index contributed by atoms with van der Waals surface area (Å²) in [4.78, 5) is 2.99. The summed E-state index contributed by atoms with van der Waals surface area (Å²) >= 11 is 4.87. The van der Waals surface area contributed by atoms with Crippen LogP contribution in [0.15, 0.2) is 0 Å². The molecule has 0 radical (unpaired) electrons. The molecule has 1 atom stereocenters. The molecule has 1 heterocycles. The Morgan fingerprint density at radius 2 is 2.36 bits per heavy atom. The lowest BCUT2D eigenvalue weighted by Gasteiger charge is -2.39. The highest BCUT2D eigenvalue weighted by Gasteiger charge is 2.30. The minimum atomic E-state index is 0.0223. The number of likely N-dealkylation sites (tertiary alicyclic amines) is 1. The summed E-state index contributed by atoms with van der Waals surface area (Å²) in [7, 11) is 1.79. The number of nitrogens with zero attached hydrogens (tertiary/aromatic N) is 1. The molecule has 2 N–H and O–H groups in total. The van der Waals surface area contributed by atoms with E-state index in [0.29, 0.717) is 4.99 Å². The van der Waals surface area contributed by atoms with Crippen molar-refractivity contribution >= 4 is 17.2 Å². The van der Waals surface area contributed by atoms with E-state index in [1.54, 1.807) is 7.11 Å². The van der Waals surface area contributed by atoms with E-state index in [1.165, 1.54) is 6.42 Å². The standard InChI is InChI=1S/C10H20N2OS/c1-10(13-2)5-3-6-12(8-10)7-4-9(11)14/h3-8H2,1-2H3,(H2,11,14). The second-order valence-electron chi connectivity index (χ2n) is 4.25. The van der Waals surface area contributed by atoms with Gasteiger partial charge >= 0.3 is 0 Å². The van der Waals surface area contributed by atoms with Crippen LogP contribution in [0, 0.1) is 0 Å². The fourth-order valence-electron chi connectivity index (χ4n) is 1.93. The van der Waals surface area contributed by atoms with Crippen molar-refractivity contribution in [1.29, 1.82) is 0 Å². The molecule has 1 aliphatic heterocycles. The minimum absolute atomic E-state index is 0.0223. The third-order valence-electron chi connectivity index (χ3n) is 2.91. The first kappa shape index (κ1) is 11.9. The molecule has 0 saturated carbocycles. The fraction of sp³-hybridized carbons (Fsp3) is 0.900. The summed E-state index contributed by atoms with van der Waals surface area (Å²) in [6.07, 6.45) is 3.16. The molecule has 3 nitrogen and oxygen atoms in total. The van der Waals surface area contributed by atoms with E-state index in [0.717, 1.165) is 32.5 Å². The number of methoxy groups -OCH3 is 1. The smallest absolute Gasteiger partial charge is 0.0777 e. The van der Waals surface area contributed by atoms with Crippen LogP contribution < -0.4 is 5.73 Å². The SMILES string of the molecule is COC1(C)CCCN(CCC(N)=S)C1. The topological polar surface area (TPSA) is 38.5 Å². The summed E-state index contributed by atoms with van der Waals surface area (Å²) < 4.78 is 5.51. The number of piperidine rings is 1. The van der Waals surface area contributed by atoms with Gasteiger partial charge in [-0.05, 0) is 26.3 Å². The highest BCUT2D eigenvalue weighted by molar-refractivity contribution is 7.80.